The highest BCUT2D eigenvalue weighted by atomic mass is 16.5. The molecule has 7 nitrogen and oxygen atoms in total. The summed E-state index contributed by atoms with van der Waals surface area (Å²) in [4.78, 5) is 23.7. The van der Waals surface area contributed by atoms with Crippen LogP contribution in [-0.4, -0.2) is 46.0 Å². The van der Waals surface area contributed by atoms with Gasteiger partial charge in [0.05, 0.1) is 18.8 Å². The molecule has 152 valence electrons. The number of ether oxygens (including phenoxy) is 1. The number of nitrogens with one attached hydrogen (secondary N) is 1. The topological polar surface area (TPSA) is 93.5 Å². The molecule has 0 aliphatic carbocycles. The zero-order valence-electron chi connectivity index (χ0n) is 17.2. The largest absolute Gasteiger partial charge is 0.479 e. The number of benzene rings is 1. The Morgan fingerprint density at radius 2 is 1.86 bits per heavy atom. The minimum atomic E-state index is -1.44. The van der Waals surface area contributed by atoms with Crippen molar-refractivity contribution < 1.29 is 19.4 Å². The summed E-state index contributed by atoms with van der Waals surface area (Å²) < 4.78 is 6.87. The molecule has 2 N–H and O–H groups in total. The number of carboxylic acids is 1. The second kappa shape index (κ2) is 9.01. The monoisotopic (exact) mass is 387 g/mol. The molecule has 0 radical (unpaired) electrons. The Morgan fingerprint density at radius 1 is 1.21 bits per heavy atom. The maximum absolute atomic E-state index is 12.3. The smallest absolute Gasteiger partial charge is 0.331 e. The van der Waals surface area contributed by atoms with Gasteiger partial charge >= 0.3 is 5.97 Å². The molecule has 0 fully saturated rings. The summed E-state index contributed by atoms with van der Waals surface area (Å²) in [7, 11) is 1.41. The lowest BCUT2D eigenvalue weighted by atomic mass is 10.0. The number of carbonyl (C=O) groups excluding carboxylic acids is 1. The highest BCUT2D eigenvalue weighted by molar-refractivity contribution is 5.86. The average molecular weight is 387 g/mol. The fourth-order valence-corrected chi connectivity index (χ4v) is 3.16. The van der Waals surface area contributed by atoms with Crippen LogP contribution in [-0.2, 0) is 27.3 Å². The van der Waals surface area contributed by atoms with Crippen LogP contribution in [0, 0.1) is 20.8 Å². The quantitative estimate of drug-likeness (QED) is 0.689. The van der Waals surface area contributed by atoms with Crippen LogP contribution in [0.25, 0.3) is 0 Å². The van der Waals surface area contributed by atoms with Gasteiger partial charge in [-0.25, -0.2) is 4.79 Å². The predicted octanol–water partition coefficient (Wildman–Crippen LogP) is 2.40. The molecule has 2 rings (SSSR count). The number of nitrogens with zero attached hydrogens (tertiary/aromatic N) is 2. The van der Waals surface area contributed by atoms with Crippen molar-refractivity contribution in [3.05, 3.63) is 52.3 Å². The number of carboxylic acid groups (broad SMARTS) is 1. The lowest BCUT2D eigenvalue weighted by Crippen LogP contribution is -2.55. The van der Waals surface area contributed by atoms with Crippen LogP contribution < -0.4 is 5.32 Å². The van der Waals surface area contributed by atoms with Crippen molar-refractivity contribution in [2.75, 3.05) is 13.7 Å². The van der Waals surface area contributed by atoms with Crippen molar-refractivity contribution in [2.45, 2.75) is 52.6 Å². The van der Waals surface area contributed by atoms with E-state index in [1.165, 1.54) is 19.6 Å². The molecule has 28 heavy (non-hydrogen) atoms. The molecule has 7 heteroatoms. The van der Waals surface area contributed by atoms with Gasteiger partial charge in [0, 0.05) is 19.2 Å². The Balaban J connectivity index is 2.04. The summed E-state index contributed by atoms with van der Waals surface area (Å²) in [5, 5.41) is 16.5. The fraction of sp³-hybridized carbons (Fsp3) is 0.476. The average Bonchev–Trinajstić information content (AvgIpc) is 2.88. The van der Waals surface area contributed by atoms with Gasteiger partial charge in [-0.1, -0.05) is 29.8 Å². The Morgan fingerprint density at radius 3 is 2.43 bits per heavy atom. The highest BCUT2D eigenvalue weighted by Crippen LogP contribution is 2.17. The summed E-state index contributed by atoms with van der Waals surface area (Å²) in [5.41, 5.74) is 3.86. The zero-order chi connectivity index (χ0) is 20.9. The van der Waals surface area contributed by atoms with Gasteiger partial charge in [0.25, 0.3) is 0 Å². The van der Waals surface area contributed by atoms with E-state index in [-0.39, 0.29) is 18.9 Å². The molecular weight excluding hydrogens is 358 g/mol. The van der Waals surface area contributed by atoms with Crippen molar-refractivity contribution in [2.24, 2.45) is 0 Å². The van der Waals surface area contributed by atoms with E-state index in [0.29, 0.717) is 13.0 Å². The number of amides is 1. The van der Waals surface area contributed by atoms with E-state index in [1.807, 2.05) is 18.5 Å². The number of carbonyl (C=O) groups is 2. The molecule has 1 unspecified atom stereocenters. The minimum absolute atomic E-state index is 0.0966. The van der Waals surface area contributed by atoms with Gasteiger partial charge in [0.1, 0.15) is 0 Å². The number of aromatic nitrogens is 2. The van der Waals surface area contributed by atoms with Crippen LogP contribution in [0.5, 0.6) is 0 Å². The normalized spacial score (nSPS) is 13.2. The van der Waals surface area contributed by atoms with E-state index < -0.39 is 11.5 Å². The molecular formula is C21H29N3O4. The Labute approximate surface area is 165 Å². The Bertz CT molecular complexity index is 842. The van der Waals surface area contributed by atoms with Crippen LogP contribution in [0.3, 0.4) is 0 Å². The molecule has 0 spiro atoms. The molecule has 1 atom stereocenters. The van der Waals surface area contributed by atoms with Gasteiger partial charge in [0.15, 0.2) is 5.54 Å². The van der Waals surface area contributed by atoms with Crippen LogP contribution in [0.1, 0.15) is 41.4 Å². The fourth-order valence-electron chi connectivity index (χ4n) is 3.16. The van der Waals surface area contributed by atoms with Crippen molar-refractivity contribution in [3.8, 4) is 0 Å². The summed E-state index contributed by atoms with van der Waals surface area (Å²) in [6, 6.07) is 8.32. The SMILES string of the molecule is COCC(C)(NC(=O)CCc1c(C)nn(Cc2ccc(C)cc2)c1C)C(=O)O. The summed E-state index contributed by atoms with van der Waals surface area (Å²) in [6.45, 7) is 7.99. The van der Waals surface area contributed by atoms with E-state index in [0.717, 1.165) is 22.5 Å². The first-order chi connectivity index (χ1) is 13.2. The van der Waals surface area contributed by atoms with Gasteiger partial charge in [-0.15, -0.1) is 0 Å². The van der Waals surface area contributed by atoms with Gasteiger partial charge < -0.3 is 15.2 Å². The third-order valence-electron chi connectivity index (χ3n) is 4.91. The first kappa shape index (κ1) is 21.6. The van der Waals surface area contributed by atoms with E-state index in [2.05, 4.69) is 41.6 Å². The number of hydrogen-bond donors (Lipinski definition) is 2. The third-order valence-corrected chi connectivity index (χ3v) is 4.91. The third kappa shape index (κ3) is 5.19. The van der Waals surface area contributed by atoms with E-state index in [4.69, 9.17) is 4.74 Å². The summed E-state index contributed by atoms with van der Waals surface area (Å²) in [6.07, 6.45) is 0.685. The molecule has 0 aliphatic heterocycles. The lowest BCUT2D eigenvalue weighted by molar-refractivity contribution is -0.149. The van der Waals surface area contributed by atoms with Gasteiger partial charge in [-0.2, -0.15) is 5.10 Å². The standard InChI is InChI=1S/C21H29N3O4/c1-14-6-8-17(9-7-14)12-24-16(3)18(15(2)23-24)10-11-19(25)22-21(4,13-28-5)20(26)27/h6-9H,10-13H2,1-5H3,(H,22,25)(H,26,27). The van der Waals surface area contributed by atoms with Crippen LogP contribution >= 0.6 is 0 Å². The number of aliphatic carboxylic acids is 1. The highest BCUT2D eigenvalue weighted by Gasteiger charge is 2.34. The zero-order valence-corrected chi connectivity index (χ0v) is 17.2. The van der Waals surface area contributed by atoms with Gasteiger partial charge in [-0.05, 0) is 45.2 Å². The molecule has 2 aromatic rings. The van der Waals surface area contributed by atoms with Crippen LogP contribution in [0.4, 0.5) is 0 Å². The number of rotatable bonds is 9. The first-order valence-electron chi connectivity index (χ1n) is 9.28. The molecule has 1 amide bonds. The van der Waals surface area contributed by atoms with Gasteiger partial charge in [0.2, 0.25) is 5.91 Å². The number of methoxy groups -OCH3 is 1. The lowest BCUT2D eigenvalue weighted by Gasteiger charge is -2.25. The number of aryl methyl sites for hydroxylation is 2. The van der Waals surface area contributed by atoms with Crippen LogP contribution in [0.15, 0.2) is 24.3 Å². The molecule has 1 heterocycles. The molecule has 0 aliphatic rings. The van der Waals surface area contributed by atoms with E-state index in [9.17, 15) is 14.7 Å². The first-order valence-corrected chi connectivity index (χ1v) is 9.28. The molecule has 0 saturated carbocycles. The maximum Gasteiger partial charge on any atom is 0.331 e. The second-order valence-electron chi connectivity index (χ2n) is 7.41. The predicted molar refractivity (Wildman–Crippen MR) is 106 cm³/mol. The minimum Gasteiger partial charge on any atom is -0.479 e. The van der Waals surface area contributed by atoms with Crippen molar-refractivity contribution in [3.63, 3.8) is 0 Å². The molecule has 1 aromatic carbocycles. The Kier molecular flexibility index (Phi) is 6.96. The van der Waals surface area contributed by atoms with Crippen molar-refractivity contribution in [1.29, 1.82) is 0 Å². The number of hydrogen-bond acceptors (Lipinski definition) is 4. The summed E-state index contributed by atoms with van der Waals surface area (Å²) >= 11 is 0. The van der Waals surface area contributed by atoms with Crippen LogP contribution in [0.2, 0.25) is 0 Å². The summed E-state index contributed by atoms with van der Waals surface area (Å²) in [5.74, 6) is -1.45. The van der Waals surface area contributed by atoms with Gasteiger partial charge in [-0.3, -0.25) is 9.48 Å². The Hall–Kier alpha value is -2.67. The maximum atomic E-state index is 12.3. The molecule has 0 bridgehead atoms. The second-order valence-corrected chi connectivity index (χ2v) is 7.41. The molecule has 1 aromatic heterocycles. The van der Waals surface area contributed by atoms with E-state index in [1.54, 1.807) is 0 Å². The van der Waals surface area contributed by atoms with Crippen molar-refractivity contribution >= 4 is 11.9 Å². The van der Waals surface area contributed by atoms with E-state index >= 15 is 0 Å². The van der Waals surface area contributed by atoms with Crippen molar-refractivity contribution in [1.82, 2.24) is 15.1 Å². The molecule has 0 saturated heterocycles.